The lowest BCUT2D eigenvalue weighted by molar-refractivity contribution is 0.257. The van der Waals surface area contributed by atoms with Crippen LogP contribution >= 0.6 is 38.5 Å². The van der Waals surface area contributed by atoms with E-state index in [1.54, 1.807) is 0 Å². The van der Waals surface area contributed by atoms with Crippen LogP contribution in [-0.2, 0) is 0 Å². The van der Waals surface area contributed by atoms with Crippen LogP contribution in [0.2, 0.25) is 0 Å². The smallest absolute Gasteiger partial charge is 0.0403 e. The molecular formula is C14H18BrIN2. The molecule has 2 fully saturated rings. The molecule has 2 nitrogen and oxygen atoms in total. The molecule has 2 aliphatic rings. The monoisotopic (exact) mass is 420 g/mol. The van der Waals surface area contributed by atoms with Crippen molar-refractivity contribution in [2.75, 3.05) is 11.9 Å². The second kappa shape index (κ2) is 5.29. The van der Waals surface area contributed by atoms with Gasteiger partial charge < -0.3 is 5.32 Å². The summed E-state index contributed by atoms with van der Waals surface area (Å²) in [5.41, 5.74) is 1.23. The number of nitrogens with zero attached hydrogens (tertiary/aromatic N) is 1. The minimum atomic E-state index is 0.604. The Bertz CT molecular complexity index is 447. The zero-order valence-electron chi connectivity index (χ0n) is 10.5. The second-order valence-corrected chi connectivity index (χ2v) is 7.50. The summed E-state index contributed by atoms with van der Waals surface area (Å²) in [6.07, 6.45) is 4.08. The molecule has 0 amide bonds. The first-order valence-electron chi connectivity index (χ1n) is 6.61. The summed E-state index contributed by atoms with van der Waals surface area (Å²) in [6.45, 7) is 3.57. The third-order valence-electron chi connectivity index (χ3n) is 3.93. The van der Waals surface area contributed by atoms with Gasteiger partial charge in [0.05, 0.1) is 0 Å². The van der Waals surface area contributed by atoms with Crippen LogP contribution in [0.4, 0.5) is 5.69 Å². The molecule has 0 radical (unpaired) electrons. The van der Waals surface area contributed by atoms with E-state index in [1.165, 1.54) is 39.5 Å². The summed E-state index contributed by atoms with van der Waals surface area (Å²) in [6, 6.07) is 8.75. The Morgan fingerprint density at radius 2 is 2.17 bits per heavy atom. The fraction of sp³-hybridized carbons (Fsp3) is 0.571. The fourth-order valence-electron chi connectivity index (χ4n) is 2.90. The summed E-state index contributed by atoms with van der Waals surface area (Å²) in [5.74, 6) is 0. The predicted molar refractivity (Wildman–Crippen MR) is 88.1 cm³/mol. The first kappa shape index (κ1) is 13.2. The zero-order valence-corrected chi connectivity index (χ0v) is 14.2. The molecule has 1 aliphatic heterocycles. The highest BCUT2D eigenvalue weighted by atomic mass is 127. The van der Waals surface area contributed by atoms with E-state index in [4.69, 9.17) is 0 Å². The van der Waals surface area contributed by atoms with Gasteiger partial charge in [-0.2, -0.15) is 0 Å². The Morgan fingerprint density at radius 1 is 1.39 bits per heavy atom. The fourth-order valence-corrected chi connectivity index (χ4v) is 3.61. The van der Waals surface area contributed by atoms with Gasteiger partial charge in [-0.15, -0.1) is 0 Å². The molecule has 0 aromatic heterocycles. The molecule has 1 aliphatic carbocycles. The van der Waals surface area contributed by atoms with Gasteiger partial charge >= 0.3 is 0 Å². The number of likely N-dealkylation sites (tertiary alicyclic amines) is 1. The Balaban J connectivity index is 1.64. The van der Waals surface area contributed by atoms with E-state index >= 15 is 0 Å². The van der Waals surface area contributed by atoms with E-state index < -0.39 is 0 Å². The highest BCUT2D eigenvalue weighted by Crippen LogP contribution is 2.34. The summed E-state index contributed by atoms with van der Waals surface area (Å²) < 4.78 is 2.44. The van der Waals surface area contributed by atoms with Gasteiger partial charge in [0.15, 0.2) is 0 Å². The molecule has 1 N–H and O–H groups in total. The Morgan fingerprint density at radius 3 is 2.83 bits per heavy atom. The quantitative estimate of drug-likeness (QED) is 0.741. The molecule has 1 aromatic rings. The maximum atomic E-state index is 3.68. The molecule has 0 spiro atoms. The third-order valence-corrected chi connectivity index (χ3v) is 6.27. The van der Waals surface area contributed by atoms with Crippen LogP contribution in [-0.4, -0.2) is 29.6 Å². The van der Waals surface area contributed by atoms with E-state index in [9.17, 15) is 0 Å². The minimum absolute atomic E-state index is 0.604. The van der Waals surface area contributed by atoms with Gasteiger partial charge in [0, 0.05) is 38.4 Å². The van der Waals surface area contributed by atoms with Crippen LogP contribution in [0.25, 0.3) is 0 Å². The van der Waals surface area contributed by atoms with Crippen molar-refractivity contribution in [1.29, 1.82) is 0 Å². The van der Waals surface area contributed by atoms with Crippen molar-refractivity contribution in [2.45, 2.75) is 44.3 Å². The molecule has 2 atom stereocenters. The molecular weight excluding hydrogens is 403 g/mol. The first-order chi connectivity index (χ1) is 8.63. The van der Waals surface area contributed by atoms with Crippen LogP contribution < -0.4 is 5.32 Å². The maximum absolute atomic E-state index is 3.68. The van der Waals surface area contributed by atoms with E-state index in [2.05, 4.69) is 73.9 Å². The zero-order chi connectivity index (χ0) is 12.7. The minimum Gasteiger partial charge on any atom is -0.381 e. The van der Waals surface area contributed by atoms with Gasteiger partial charge in [0.25, 0.3) is 0 Å². The summed E-state index contributed by atoms with van der Waals surface area (Å²) >= 11 is 5.94. The predicted octanol–water partition coefficient (Wildman–Crippen LogP) is 4.09. The van der Waals surface area contributed by atoms with Crippen LogP contribution in [0.1, 0.15) is 26.2 Å². The average Bonchev–Trinajstić information content (AvgIpc) is 3.09. The van der Waals surface area contributed by atoms with Crippen LogP contribution in [0.3, 0.4) is 0 Å². The van der Waals surface area contributed by atoms with Crippen molar-refractivity contribution in [1.82, 2.24) is 4.90 Å². The Hall–Kier alpha value is 0.190. The van der Waals surface area contributed by atoms with Gasteiger partial charge in [0.1, 0.15) is 0 Å². The molecule has 1 saturated carbocycles. The average molecular weight is 421 g/mol. The number of rotatable bonds is 3. The van der Waals surface area contributed by atoms with E-state index in [0.717, 1.165) is 12.1 Å². The van der Waals surface area contributed by atoms with Crippen LogP contribution in [0, 0.1) is 3.57 Å². The van der Waals surface area contributed by atoms with Gasteiger partial charge in [-0.1, -0.05) is 0 Å². The van der Waals surface area contributed by atoms with Gasteiger partial charge in [-0.05, 0) is 82.9 Å². The van der Waals surface area contributed by atoms with Crippen LogP contribution in [0.5, 0.6) is 0 Å². The molecule has 3 rings (SSSR count). The Kier molecular flexibility index (Phi) is 3.87. The topological polar surface area (TPSA) is 15.3 Å². The van der Waals surface area contributed by atoms with Crippen molar-refractivity contribution in [3.8, 4) is 0 Å². The largest absolute Gasteiger partial charge is 0.381 e. The standard InChI is InChI=1S/C14H18BrIN2/c1-9-6-11(8-18(9)12-3-4-12)17-10-2-5-14(16)13(15)7-10/h2,5,7,9,11-12,17H,3-4,6,8H2,1H3. The highest BCUT2D eigenvalue weighted by Gasteiger charge is 2.38. The molecule has 4 heteroatoms. The summed E-state index contributed by atoms with van der Waals surface area (Å²) in [7, 11) is 0. The van der Waals surface area contributed by atoms with Crippen molar-refractivity contribution >= 4 is 44.2 Å². The van der Waals surface area contributed by atoms with Crippen LogP contribution in [0.15, 0.2) is 22.7 Å². The van der Waals surface area contributed by atoms with Gasteiger partial charge in [-0.3, -0.25) is 4.90 Å². The van der Waals surface area contributed by atoms with Gasteiger partial charge in [-0.25, -0.2) is 0 Å². The number of nitrogens with one attached hydrogen (secondary N) is 1. The lowest BCUT2D eigenvalue weighted by atomic mass is 10.2. The lowest BCUT2D eigenvalue weighted by Gasteiger charge is -2.20. The van der Waals surface area contributed by atoms with E-state index in [1.807, 2.05) is 0 Å². The Labute approximate surface area is 131 Å². The van der Waals surface area contributed by atoms with E-state index in [0.29, 0.717) is 6.04 Å². The molecule has 1 saturated heterocycles. The third kappa shape index (κ3) is 2.85. The SMILES string of the molecule is CC1CC(Nc2ccc(I)c(Br)c2)CN1C1CC1. The maximum Gasteiger partial charge on any atom is 0.0403 e. The van der Waals surface area contributed by atoms with Crippen molar-refractivity contribution in [2.24, 2.45) is 0 Å². The molecule has 98 valence electrons. The summed E-state index contributed by atoms with van der Waals surface area (Å²) in [5, 5.41) is 3.68. The number of benzene rings is 1. The molecule has 1 heterocycles. The number of halogens is 2. The molecule has 0 bridgehead atoms. The molecule has 2 unspecified atom stereocenters. The van der Waals surface area contributed by atoms with Gasteiger partial charge in [0.2, 0.25) is 0 Å². The second-order valence-electron chi connectivity index (χ2n) is 5.48. The highest BCUT2D eigenvalue weighted by molar-refractivity contribution is 14.1. The number of anilines is 1. The van der Waals surface area contributed by atoms with Crippen molar-refractivity contribution < 1.29 is 0 Å². The molecule has 18 heavy (non-hydrogen) atoms. The number of hydrogen-bond acceptors (Lipinski definition) is 2. The van der Waals surface area contributed by atoms with Crippen molar-refractivity contribution in [3.05, 3.63) is 26.2 Å². The van der Waals surface area contributed by atoms with E-state index in [-0.39, 0.29) is 0 Å². The summed E-state index contributed by atoms with van der Waals surface area (Å²) in [4.78, 5) is 2.68. The first-order valence-corrected chi connectivity index (χ1v) is 8.48. The lowest BCUT2D eigenvalue weighted by Crippen LogP contribution is -2.31. The van der Waals surface area contributed by atoms with Crippen molar-refractivity contribution in [3.63, 3.8) is 0 Å². The number of hydrogen-bond donors (Lipinski definition) is 1. The normalized spacial score (nSPS) is 28.6. The molecule has 1 aromatic carbocycles.